The molecule has 17 heavy (non-hydrogen) atoms. The van der Waals surface area contributed by atoms with E-state index in [9.17, 15) is 5.11 Å². The molecule has 88 valence electrons. The summed E-state index contributed by atoms with van der Waals surface area (Å²) in [7, 11) is 0. The third kappa shape index (κ3) is 2.08. The average Bonchev–Trinajstić information content (AvgIpc) is 2.33. The van der Waals surface area contributed by atoms with Crippen molar-refractivity contribution in [2.24, 2.45) is 0 Å². The number of rotatable bonds is 2. The molecule has 1 N–H and O–H groups in total. The van der Waals surface area contributed by atoms with Gasteiger partial charge in [-0.3, -0.25) is 4.98 Å². The van der Waals surface area contributed by atoms with E-state index in [0.29, 0.717) is 0 Å². The molecule has 2 aromatic rings. The molecule has 1 atom stereocenters. The summed E-state index contributed by atoms with van der Waals surface area (Å²) < 4.78 is 0. The average molecular weight is 227 g/mol. The quantitative estimate of drug-likeness (QED) is 0.855. The van der Waals surface area contributed by atoms with E-state index in [1.165, 1.54) is 5.56 Å². The molecular weight excluding hydrogens is 210 g/mol. The van der Waals surface area contributed by atoms with Gasteiger partial charge in [0.15, 0.2) is 0 Å². The minimum atomic E-state index is -0.996. The van der Waals surface area contributed by atoms with E-state index in [1.54, 1.807) is 12.4 Å². The molecular formula is C15H17NO. The van der Waals surface area contributed by atoms with Gasteiger partial charge in [0.25, 0.3) is 0 Å². The summed E-state index contributed by atoms with van der Waals surface area (Å²) in [6, 6.07) is 9.74. The summed E-state index contributed by atoms with van der Waals surface area (Å²) in [5, 5.41) is 10.7. The van der Waals surface area contributed by atoms with Crippen LogP contribution in [0.5, 0.6) is 0 Å². The van der Waals surface area contributed by atoms with Crippen LogP contribution in [0.25, 0.3) is 0 Å². The molecule has 0 aliphatic carbocycles. The molecule has 0 saturated carbocycles. The zero-order chi connectivity index (χ0) is 12.5. The number of aromatic nitrogens is 1. The van der Waals surface area contributed by atoms with Gasteiger partial charge >= 0.3 is 0 Å². The van der Waals surface area contributed by atoms with Crippen molar-refractivity contribution in [3.8, 4) is 0 Å². The van der Waals surface area contributed by atoms with Gasteiger partial charge in [-0.05, 0) is 43.5 Å². The van der Waals surface area contributed by atoms with Crippen molar-refractivity contribution in [2.75, 3.05) is 0 Å². The molecule has 0 saturated heterocycles. The first-order valence-electron chi connectivity index (χ1n) is 5.73. The lowest BCUT2D eigenvalue weighted by atomic mass is 9.85. The number of hydrogen-bond acceptors (Lipinski definition) is 2. The Morgan fingerprint density at radius 2 is 1.88 bits per heavy atom. The Kier molecular flexibility index (Phi) is 2.99. The summed E-state index contributed by atoms with van der Waals surface area (Å²) in [6.45, 7) is 5.90. The fraction of sp³-hybridized carbons (Fsp3) is 0.267. The van der Waals surface area contributed by atoms with Crippen LogP contribution < -0.4 is 0 Å². The molecule has 0 radical (unpaired) electrons. The molecule has 0 aliphatic rings. The van der Waals surface area contributed by atoms with Crippen molar-refractivity contribution in [3.05, 3.63) is 65.0 Å². The van der Waals surface area contributed by atoms with E-state index in [2.05, 4.69) is 18.0 Å². The summed E-state index contributed by atoms with van der Waals surface area (Å²) in [5.74, 6) is 0. The second-order valence-corrected chi connectivity index (χ2v) is 4.56. The number of aliphatic hydroxyl groups is 1. The maximum Gasteiger partial charge on any atom is 0.114 e. The molecule has 1 heterocycles. The van der Waals surface area contributed by atoms with Crippen LogP contribution in [0.3, 0.4) is 0 Å². The second kappa shape index (κ2) is 4.30. The van der Waals surface area contributed by atoms with Crippen LogP contribution in [0.15, 0.2) is 42.7 Å². The third-order valence-corrected chi connectivity index (χ3v) is 3.35. The lowest BCUT2D eigenvalue weighted by Crippen LogP contribution is -2.24. The molecule has 2 nitrogen and oxygen atoms in total. The van der Waals surface area contributed by atoms with Crippen LogP contribution in [0.4, 0.5) is 0 Å². The Balaban J connectivity index is 2.56. The summed E-state index contributed by atoms with van der Waals surface area (Å²) in [6.07, 6.45) is 3.42. The van der Waals surface area contributed by atoms with Gasteiger partial charge < -0.3 is 5.11 Å². The van der Waals surface area contributed by atoms with E-state index in [-0.39, 0.29) is 0 Å². The topological polar surface area (TPSA) is 33.1 Å². The Labute approximate surface area is 102 Å². The maximum atomic E-state index is 10.7. The molecule has 0 amide bonds. The third-order valence-electron chi connectivity index (χ3n) is 3.35. The lowest BCUT2D eigenvalue weighted by molar-refractivity contribution is 0.101. The monoisotopic (exact) mass is 227 g/mol. The Morgan fingerprint density at radius 1 is 1.12 bits per heavy atom. The van der Waals surface area contributed by atoms with Crippen LogP contribution in [0.1, 0.15) is 29.2 Å². The molecule has 1 aromatic heterocycles. The van der Waals surface area contributed by atoms with Crippen molar-refractivity contribution >= 4 is 0 Å². The number of pyridine rings is 1. The predicted molar refractivity (Wildman–Crippen MR) is 68.8 cm³/mol. The fourth-order valence-corrected chi connectivity index (χ4v) is 2.08. The standard InChI is InChI=1S/C15H17NO/c1-11-6-4-8-14(12(11)2)15(3,17)13-7-5-9-16-10-13/h4-10,17H,1-3H3. The largest absolute Gasteiger partial charge is 0.381 e. The summed E-state index contributed by atoms with van der Waals surface area (Å²) in [4.78, 5) is 4.07. The van der Waals surface area contributed by atoms with E-state index in [0.717, 1.165) is 16.7 Å². The van der Waals surface area contributed by atoms with Crippen LogP contribution in [0, 0.1) is 13.8 Å². The van der Waals surface area contributed by atoms with E-state index in [1.807, 2.05) is 38.1 Å². The number of aryl methyl sites for hydroxylation is 1. The molecule has 2 heteroatoms. The summed E-state index contributed by atoms with van der Waals surface area (Å²) in [5.41, 5.74) is 3.07. The minimum absolute atomic E-state index is 0.814. The predicted octanol–water partition coefficient (Wildman–Crippen LogP) is 2.95. The highest BCUT2D eigenvalue weighted by atomic mass is 16.3. The van der Waals surface area contributed by atoms with Gasteiger partial charge in [-0.1, -0.05) is 24.3 Å². The van der Waals surface area contributed by atoms with Gasteiger partial charge in [0.2, 0.25) is 0 Å². The van der Waals surface area contributed by atoms with Crippen molar-refractivity contribution in [3.63, 3.8) is 0 Å². The van der Waals surface area contributed by atoms with E-state index >= 15 is 0 Å². The van der Waals surface area contributed by atoms with Crippen LogP contribution in [-0.2, 0) is 5.60 Å². The fourth-order valence-electron chi connectivity index (χ4n) is 2.08. The van der Waals surface area contributed by atoms with E-state index < -0.39 is 5.60 Å². The van der Waals surface area contributed by atoms with Crippen molar-refractivity contribution in [2.45, 2.75) is 26.4 Å². The second-order valence-electron chi connectivity index (χ2n) is 4.56. The zero-order valence-corrected chi connectivity index (χ0v) is 10.4. The van der Waals surface area contributed by atoms with Crippen LogP contribution in [0.2, 0.25) is 0 Å². The van der Waals surface area contributed by atoms with Gasteiger partial charge in [-0.25, -0.2) is 0 Å². The Morgan fingerprint density at radius 3 is 2.53 bits per heavy atom. The normalized spacial score (nSPS) is 14.4. The molecule has 1 unspecified atom stereocenters. The molecule has 0 bridgehead atoms. The van der Waals surface area contributed by atoms with Crippen molar-refractivity contribution < 1.29 is 5.11 Å². The Hall–Kier alpha value is -1.67. The molecule has 0 aliphatic heterocycles. The first-order valence-corrected chi connectivity index (χ1v) is 5.73. The van der Waals surface area contributed by atoms with Gasteiger partial charge in [0.1, 0.15) is 5.60 Å². The van der Waals surface area contributed by atoms with Crippen LogP contribution in [-0.4, -0.2) is 10.1 Å². The molecule has 2 rings (SSSR count). The van der Waals surface area contributed by atoms with Gasteiger partial charge in [0.05, 0.1) is 0 Å². The van der Waals surface area contributed by atoms with Crippen molar-refractivity contribution in [1.82, 2.24) is 4.98 Å². The zero-order valence-electron chi connectivity index (χ0n) is 10.4. The van der Waals surface area contributed by atoms with Crippen LogP contribution >= 0.6 is 0 Å². The lowest BCUT2D eigenvalue weighted by Gasteiger charge is -2.26. The first kappa shape index (κ1) is 11.8. The summed E-state index contributed by atoms with van der Waals surface area (Å²) >= 11 is 0. The molecule has 0 fully saturated rings. The van der Waals surface area contributed by atoms with Gasteiger partial charge in [-0.2, -0.15) is 0 Å². The van der Waals surface area contributed by atoms with Crippen molar-refractivity contribution in [1.29, 1.82) is 0 Å². The highest BCUT2D eigenvalue weighted by molar-refractivity contribution is 5.42. The Bertz CT molecular complexity index is 518. The van der Waals surface area contributed by atoms with E-state index in [4.69, 9.17) is 0 Å². The minimum Gasteiger partial charge on any atom is -0.381 e. The number of benzene rings is 1. The number of nitrogens with zero attached hydrogens (tertiary/aromatic N) is 1. The first-order chi connectivity index (χ1) is 8.03. The molecule has 1 aromatic carbocycles. The highest BCUT2D eigenvalue weighted by Gasteiger charge is 2.27. The number of hydrogen-bond donors (Lipinski definition) is 1. The molecule has 0 spiro atoms. The smallest absolute Gasteiger partial charge is 0.114 e. The maximum absolute atomic E-state index is 10.7. The van der Waals surface area contributed by atoms with Gasteiger partial charge in [0, 0.05) is 18.0 Å². The highest BCUT2D eigenvalue weighted by Crippen LogP contribution is 2.31. The SMILES string of the molecule is Cc1cccc(C(C)(O)c2cccnc2)c1C. The van der Waals surface area contributed by atoms with Gasteiger partial charge in [-0.15, -0.1) is 0 Å².